The zero-order valence-electron chi connectivity index (χ0n) is 13.4. The van der Waals surface area contributed by atoms with Crippen molar-refractivity contribution in [3.8, 4) is 0 Å². The smallest absolute Gasteiger partial charge is 0.352 e. The van der Waals surface area contributed by atoms with Gasteiger partial charge >= 0.3 is 6.18 Å². The summed E-state index contributed by atoms with van der Waals surface area (Å²) in [7, 11) is 0. The summed E-state index contributed by atoms with van der Waals surface area (Å²) in [5.74, 6) is -1.34. The number of hydrogen-bond acceptors (Lipinski definition) is 4. The molecule has 0 atom stereocenters. The van der Waals surface area contributed by atoms with Gasteiger partial charge in [0.15, 0.2) is 0 Å². The van der Waals surface area contributed by atoms with Gasteiger partial charge in [-0.05, 0) is 37.7 Å². The van der Waals surface area contributed by atoms with Gasteiger partial charge in [-0.25, -0.2) is 9.97 Å². The molecule has 2 heterocycles. The maximum absolute atomic E-state index is 12.7. The SMILES string of the molecule is O=C(CN1CCc2cncnc2C1)NC1CCC(C(F)(F)F)CC1. The Kier molecular flexibility index (Phi) is 5.03. The molecule has 132 valence electrons. The van der Waals surface area contributed by atoms with Crippen LogP contribution in [0.2, 0.25) is 0 Å². The Labute approximate surface area is 138 Å². The number of nitrogens with one attached hydrogen (secondary N) is 1. The fraction of sp³-hybridized carbons (Fsp3) is 0.688. The van der Waals surface area contributed by atoms with E-state index in [1.54, 1.807) is 6.20 Å². The zero-order valence-corrected chi connectivity index (χ0v) is 13.4. The molecule has 1 amide bonds. The van der Waals surface area contributed by atoms with E-state index in [9.17, 15) is 18.0 Å². The number of carbonyl (C=O) groups excluding carboxylic acids is 1. The van der Waals surface area contributed by atoms with Gasteiger partial charge in [0.05, 0.1) is 18.2 Å². The van der Waals surface area contributed by atoms with Crippen molar-refractivity contribution in [3.63, 3.8) is 0 Å². The van der Waals surface area contributed by atoms with E-state index in [-0.39, 0.29) is 31.3 Å². The molecule has 0 aromatic carbocycles. The van der Waals surface area contributed by atoms with Crippen molar-refractivity contribution in [1.82, 2.24) is 20.2 Å². The summed E-state index contributed by atoms with van der Waals surface area (Å²) in [5.41, 5.74) is 2.05. The van der Waals surface area contributed by atoms with Crippen molar-refractivity contribution < 1.29 is 18.0 Å². The van der Waals surface area contributed by atoms with Gasteiger partial charge in [0.2, 0.25) is 5.91 Å². The third kappa shape index (κ3) is 4.23. The van der Waals surface area contributed by atoms with Crippen LogP contribution in [-0.4, -0.2) is 46.1 Å². The average molecular weight is 342 g/mol. The molecule has 1 aromatic rings. The molecule has 1 aromatic heterocycles. The number of fused-ring (bicyclic) bond motifs is 1. The second kappa shape index (κ2) is 7.04. The number of aromatic nitrogens is 2. The second-order valence-corrected chi connectivity index (χ2v) is 6.61. The number of nitrogens with zero attached hydrogens (tertiary/aromatic N) is 3. The standard InChI is InChI=1S/C16H21F3N4O/c17-16(18,19)12-1-3-13(4-2-12)22-15(24)9-23-6-5-11-7-20-10-21-14(11)8-23/h7,10,12-13H,1-6,8-9H2,(H,22,24). The molecule has 8 heteroatoms. The van der Waals surface area contributed by atoms with Crippen molar-refractivity contribution >= 4 is 5.91 Å². The zero-order chi connectivity index (χ0) is 17.2. The Bertz CT molecular complexity index is 585. The summed E-state index contributed by atoms with van der Waals surface area (Å²) in [6.07, 6.45) is 0.987. The summed E-state index contributed by atoms with van der Waals surface area (Å²) in [6.45, 7) is 1.61. The third-order valence-corrected chi connectivity index (χ3v) is 4.87. The molecule has 24 heavy (non-hydrogen) atoms. The maximum atomic E-state index is 12.7. The third-order valence-electron chi connectivity index (χ3n) is 4.87. The quantitative estimate of drug-likeness (QED) is 0.914. The predicted octanol–water partition coefficient (Wildman–Crippen LogP) is 2.07. The molecule has 3 rings (SSSR count). The van der Waals surface area contributed by atoms with Crippen LogP contribution in [0, 0.1) is 5.92 Å². The molecule has 5 nitrogen and oxygen atoms in total. The first-order valence-electron chi connectivity index (χ1n) is 8.28. The van der Waals surface area contributed by atoms with Gasteiger partial charge in [-0.1, -0.05) is 0 Å². The highest BCUT2D eigenvalue weighted by Crippen LogP contribution is 2.37. The number of alkyl halides is 3. The van der Waals surface area contributed by atoms with Crippen LogP contribution >= 0.6 is 0 Å². The van der Waals surface area contributed by atoms with Gasteiger partial charge in [0, 0.05) is 25.3 Å². The topological polar surface area (TPSA) is 58.1 Å². The van der Waals surface area contributed by atoms with Gasteiger partial charge in [-0.15, -0.1) is 0 Å². The maximum Gasteiger partial charge on any atom is 0.391 e. The second-order valence-electron chi connectivity index (χ2n) is 6.61. The largest absolute Gasteiger partial charge is 0.391 e. The van der Waals surface area contributed by atoms with Crippen molar-refractivity contribution in [2.75, 3.05) is 13.1 Å². The summed E-state index contributed by atoms with van der Waals surface area (Å²) < 4.78 is 38.0. The molecular formula is C16H21F3N4O. The molecular weight excluding hydrogens is 321 g/mol. The van der Waals surface area contributed by atoms with Crippen LogP contribution in [0.4, 0.5) is 13.2 Å². The van der Waals surface area contributed by atoms with E-state index >= 15 is 0 Å². The number of amides is 1. The Morgan fingerprint density at radius 1 is 1.29 bits per heavy atom. The number of carbonyl (C=O) groups is 1. The van der Waals surface area contributed by atoms with Gasteiger partial charge in [0.1, 0.15) is 6.33 Å². The lowest BCUT2D eigenvalue weighted by molar-refractivity contribution is -0.182. The molecule has 1 saturated carbocycles. The molecule has 0 saturated heterocycles. The molecule has 1 N–H and O–H groups in total. The Balaban J connectivity index is 1.44. The minimum Gasteiger partial charge on any atom is -0.352 e. The number of hydrogen-bond donors (Lipinski definition) is 1. The van der Waals surface area contributed by atoms with Crippen LogP contribution in [-0.2, 0) is 17.8 Å². The predicted molar refractivity (Wildman–Crippen MR) is 81.0 cm³/mol. The van der Waals surface area contributed by atoms with Crippen LogP contribution in [0.5, 0.6) is 0 Å². The molecule has 1 fully saturated rings. The van der Waals surface area contributed by atoms with Crippen LogP contribution in [0.3, 0.4) is 0 Å². The molecule has 0 unspecified atom stereocenters. The first-order chi connectivity index (χ1) is 11.4. The van der Waals surface area contributed by atoms with Crippen molar-refractivity contribution in [3.05, 3.63) is 23.8 Å². The van der Waals surface area contributed by atoms with Crippen molar-refractivity contribution in [2.45, 2.75) is 50.9 Å². The van der Waals surface area contributed by atoms with Crippen LogP contribution < -0.4 is 5.32 Å². The number of halogens is 3. The lowest BCUT2D eigenvalue weighted by atomic mass is 9.85. The van der Waals surface area contributed by atoms with E-state index in [4.69, 9.17) is 0 Å². The fourth-order valence-electron chi connectivity index (χ4n) is 3.48. The van der Waals surface area contributed by atoms with Gasteiger partial charge in [-0.2, -0.15) is 13.2 Å². The molecule has 0 spiro atoms. The summed E-state index contributed by atoms with van der Waals surface area (Å²) in [6, 6.07) is -0.143. The first kappa shape index (κ1) is 17.1. The minimum atomic E-state index is -4.11. The Morgan fingerprint density at radius 3 is 2.75 bits per heavy atom. The van der Waals surface area contributed by atoms with E-state index in [1.165, 1.54) is 6.33 Å². The van der Waals surface area contributed by atoms with Crippen LogP contribution in [0.1, 0.15) is 36.9 Å². The van der Waals surface area contributed by atoms with E-state index in [0.717, 1.165) is 24.2 Å². The van der Waals surface area contributed by atoms with Crippen LogP contribution in [0.15, 0.2) is 12.5 Å². The summed E-state index contributed by atoms with van der Waals surface area (Å²) >= 11 is 0. The lowest BCUT2D eigenvalue weighted by Gasteiger charge is -2.31. The molecule has 2 aliphatic rings. The highest BCUT2D eigenvalue weighted by atomic mass is 19.4. The lowest BCUT2D eigenvalue weighted by Crippen LogP contribution is -2.45. The van der Waals surface area contributed by atoms with E-state index in [1.807, 2.05) is 4.90 Å². The van der Waals surface area contributed by atoms with Gasteiger partial charge in [0.25, 0.3) is 0 Å². The highest BCUT2D eigenvalue weighted by Gasteiger charge is 2.41. The van der Waals surface area contributed by atoms with E-state index < -0.39 is 12.1 Å². The fourth-order valence-corrected chi connectivity index (χ4v) is 3.48. The highest BCUT2D eigenvalue weighted by molar-refractivity contribution is 5.78. The number of rotatable bonds is 3. The average Bonchev–Trinajstić information content (AvgIpc) is 2.54. The Hall–Kier alpha value is -1.70. The van der Waals surface area contributed by atoms with Crippen molar-refractivity contribution in [2.24, 2.45) is 5.92 Å². The monoisotopic (exact) mass is 342 g/mol. The van der Waals surface area contributed by atoms with Gasteiger partial charge in [-0.3, -0.25) is 9.69 Å². The minimum absolute atomic E-state index is 0.0997. The molecule has 1 aliphatic heterocycles. The molecule has 1 aliphatic carbocycles. The summed E-state index contributed by atoms with van der Waals surface area (Å²) in [4.78, 5) is 22.4. The Morgan fingerprint density at radius 2 is 2.04 bits per heavy atom. The normalized spacial score (nSPS) is 25.1. The molecule has 0 bridgehead atoms. The van der Waals surface area contributed by atoms with Crippen molar-refractivity contribution in [1.29, 1.82) is 0 Å². The van der Waals surface area contributed by atoms with E-state index in [2.05, 4.69) is 15.3 Å². The summed E-state index contributed by atoms with van der Waals surface area (Å²) in [5, 5.41) is 2.88. The van der Waals surface area contributed by atoms with Gasteiger partial charge < -0.3 is 5.32 Å². The van der Waals surface area contributed by atoms with Crippen LogP contribution in [0.25, 0.3) is 0 Å². The molecule has 0 radical (unpaired) electrons. The van der Waals surface area contributed by atoms with E-state index in [0.29, 0.717) is 19.4 Å². The first-order valence-corrected chi connectivity index (χ1v) is 8.28.